The van der Waals surface area contributed by atoms with Crippen LogP contribution in [0.2, 0.25) is 5.02 Å². The van der Waals surface area contributed by atoms with Gasteiger partial charge in [-0.25, -0.2) is 4.98 Å². The zero-order chi connectivity index (χ0) is 15.4. The van der Waals surface area contributed by atoms with Crippen molar-refractivity contribution >= 4 is 17.5 Å². The van der Waals surface area contributed by atoms with Gasteiger partial charge < -0.3 is 10.7 Å². The molecule has 1 aliphatic rings. The van der Waals surface area contributed by atoms with Gasteiger partial charge in [0.1, 0.15) is 0 Å². The first kappa shape index (κ1) is 14.5. The van der Waals surface area contributed by atoms with Crippen LogP contribution in [0.3, 0.4) is 0 Å². The smallest absolute Gasteiger partial charge is 0.197 e. The zero-order valence-corrected chi connectivity index (χ0v) is 13.7. The number of hydrogen-bond donors (Lipinski definition) is 2. The van der Waals surface area contributed by atoms with E-state index in [9.17, 15) is 0 Å². The Bertz CT molecular complexity index is 672. The summed E-state index contributed by atoms with van der Waals surface area (Å²) in [5, 5.41) is 0.794. The van der Waals surface area contributed by atoms with E-state index in [0.29, 0.717) is 23.7 Å². The Morgan fingerprint density at radius 3 is 2.62 bits per heavy atom. The monoisotopic (exact) mass is 303 g/mol. The van der Waals surface area contributed by atoms with Crippen LogP contribution in [0.5, 0.6) is 0 Å². The summed E-state index contributed by atoms with van der Waals surface area (Å²) in [5.41, 5.74) is 9.66. The minimum Gasteiger partial charge on any atom is -0.369 e. The van der Waals surface area contributed by atoms with Crippen LogP contribution in [0.1, 0.15) is 62.4 Å². The minimum atomic E-state index is 0.188. The minimum absolute atomic E-state index is 0.188. The summed E-state index contributed by atoms with van der Waals surface area (Å²) in [4.78, 5) is 7.77. The lowest BCUT2D eigenvalue weighted by atomic mass is 10.0. The summed E-state index contributed by atoms with van der Waals surface area (Å²) >= 11 is 6.15. The SMILES string of the molecule is CC(C)c1nc(N)[nH]c1C1C(c2cccc(Cl)c2)C1(C)C. The molecule has 1 fully saturated rings. The molecule has 2 aromatic rings. The van der Waals surface area contributed by atoms with Crippen molar-refractivity contribution in [3.63, 3.8) is 0 Å². The molecule has 0 bridgehead atoms. The van der Waals surface area contributed by atoms with Crippen LogP contribution >= 0.6 is 11.6 Å². The third-order valence-electron chi connectivity index (χ3n) is 4.67. The van der Waals surface area contributed by atoms with Crippen molar-refractivity contribution in [2.75, 3.05) is 5.73 Å². The maximum Gasteiger partial charge on any atom is 0.197 e. The van der Waals surface area contributed by atoms with Gasteiger partial charge in [0, 0.05) is 16.6 Å². The molecule has 4 heteroatoms. The molecule has 1 saturated carbocycles. The number of imidazole rings is 1. The fourth-order valence-corrected chi connectivity index (χ4v) is 3.79. The predicted octanol–water partition coefficient (Wildman–Crippen LogP) is 4.68. The number of H-pyrrole nitrogens is 1. The molecule has 1 aromatic heterocycles. The molecule has 1 aromatic carbocycles. The van der Waals surface area contributed by atoms with Gasteiger partial charge >= 0.3 is 0 Å². The normalized spacial score (nSPS) is 23.5. The van der Waals surface area contributed by atoms with Crippen LogP contribution in [0, 0.1) is 5.41 Å². The molecular weight excluding hydrogens is 282 g/mol. The molecule has 112 valence electrons. The molecule has 1 heterocycles. The van der Waals surface area contributed by atoms with E-state index in [1.54, 1.807) is 0 Å². The summed E-state index contributed by atoms with van der Waals surface area (Å²) in [6.07, 6.45) is 0. The molecule has 21 heavy (non-hydrogen) atoms. The number of aromatic nitrogens is 2. The molecule has 2 atom stereocenters. The second-order valence-electron chi connectivity index (χ2n) is 6.91. The van der Waals surface area contributed by atoms with Gasteiger partial charge in [0.2, 0.25) is 0 Å². The highest BCUT2D eigenvalue weighted by molar-refractivity contribution is 6.30. The van der Waals surface area contributed by atoms with Crippen LogP contribution in [0.4, 0.5) is 5.95 Å². The van der Waals surface area contributed by atoms with Crippen LogP contribution in [-0.4, -0.2) is 9.97 Å². The van der Waals surface area contributed by atoms with Crippen molar-refractivity contribution in [3.8, 4) is 0 Å². The largest absolute Gasteiger partial charge is 0.369 e. The molecule has 0 aliphatic heterocycles. The highest BCUT2D eigenvalue weighted by Gasteiger charge is 2.60. The van der Waals surface area contributed by atoms with Gasteiger partial charge in [-0.2, -0.15) is 0 Å². The molecule has 0 spiro atoms. The van der Waals surface area contributed by atoms with Gasteiger partial charge in [0.15, 0.2) is 5.95 Å². The first-order chi connectivity index (χ1) is 9.82. The highest BCUT2D eigenvalue weighted by atomic mass is 35.5. The molecule has 0 amide bonds. The fourth-order valence-electron chi connectivity index (χ4n) is 3.60. The average molecular weight is 304 g/mol. The fraction of sp³-hybridized carbons (Fsp3) is 0.471. The second kappa shape index (κ2) is 4.77. The molecule has 2 unspecified atom stereocenters. The van der Waals surface area contributed by atoms with E-state index in [4.69, 9.17) is 17.3 Å². The topological polar surface area (TPSA) is 54.7 Å². The van der Waals surface area contributed by atoms with Crippen molar-refractivity contribution in [3.05, 3.63) is 46.2 Å². The third kappa shape index (κ3) is 2.34. The first-order valence-corrected chi connectivity index (χ1v) is 7.81. The molecule has 0 saturated heterocycles. The zero-order valence-electron chi connectivity index (χ0n) is 12.9. The van der Waals surface area contributed by atoms with E-state index in [2.05, 4.69) is 49.8 Å². The molecule has 3 rings (SSSR count). The number of nitrogens with two attached hydrogens (primary N) is 1. The standard InChI is InChI=1S/C17H22ClN3/c1-9(2)14-15(21-16(19)20-14)13-12(17(13,3)4)10-6-5-7-11(18)8-10/h5-9,12-13H,1-4H3,(H3,19,20,21). The number of nitrogens with one attached hydrogen (secondary N) is 1. The van der Waals surface area contributed by atoms with Crippen LogP contribution in [0.15, 0.2) is 24.3 Å². The second-order valence-corrected chi connectivity index (χ2v) is 7.34. The number of benzene rings is 1. The van der Waals surface area contributed by atoms with Gasteiger partial charge in [0.25, 0.3) is 0 Å². The Balaban J connectivity index is 2.01. The van der Waals surface area contributed by atoms with Crippen LogP contribution < -0.4 is 5.73 Å². The summed E-state index contributed by atoms with van der Waals surface area (Å²) in [6, 6.07) is 8.17. The van der Waals surface area contributed by atoms with Crippen molar-refractivity contribution in [2.45, 2.75) is 45.4 Å². The first-order valence-electron chi connectivity index (χ1n) is 7.43. The summed E-state index contributed by atoms with van der Waals surface area (Å²) in [7, 11) is 0. The van der Waals surface area contributed by atoms with Crippen molar-refractivity contribution in [2.24, 2.45) is 5.41 Å². The van der Waals surface area contributed by atoms with Gasteiger partial charge in [0.05, 0.1) is 5.69 Å². The van der Waals surface area contributed by atoms with E-state index in [1.807, 2.05) is 12.1 Å². The number of hydrogen-bond acceptors (Lipinski definition) is 2. The average Bonchev–Trinajstić information content (AvgIpc) is 2.75. The van der Waals surface area contributed by atoms with E-state index >= 15 is 0 Å². The Morgan fingerprint density at radius 2 is 2.00 bits per heavy atom. The lowest BCUT2D eigenvalue weighted by Gasteiger charge is -2.06. The Morgan fingerprint density at radius 1 is 1.29 bits per heavy atom. The summed E-state index contributed by atoms with van der Waals surface area (Å²) < 4.78 is 0. The number of halogens is 1. The highest BCUT2D eigenvalue weighted by Crippen LogP contribution is 2.70. The predicted molar refractivity (Wildman–Crippen MR) is 87.8 cm³/mol. The number of aromatic amines is 1. The Hall–Kier alpha value is -1.48. The maximum atomic E-state index is 6.15. The molecule has 0 radical (unpaired) electrons. The number of nitrogens with zero attached hydrogens (tertiary/aromatic N) is 1. The van der Waals surface area contributed by atoms with Crippen molar-refractivity contribution in [1.29, 1.82) is 0 Å². The quantitative estimate of drug-likeness (QED) is 0.865. The van der Waals surface area contributed by atoms with Crippen molar-refractivity contribution in [1.82, 2.24) is 9.97 Å². The Kier molecular flexibility index (Phi) is 3.28. The van der Waals surface area contributed by atoms with Gasteiger partial charge in [-0.3, -0.25) is 0 Å². The molecule has 3 N–H and O–H groups in total. The summed E-state index contributed by atoms with van der Waals surface area (Å²) in [6.45, 7) is 8.90. The van der Waals surface area contributed by atoms with E-state index in [-0.39, 0.29) is 5.41 Å². The van der Waals surface area contributed by atoms with Crippen LogP contribution in [-0.2, 0) is 0 Å². The van der Waals surface area contributed by atoms with Gasteiger partial charge in [-0.15, -0.1) is 0 Å². The van der Waals surface area contributed by atoms with Crippen LogP contribution in [0.25, 0.3) is 0 Å². The van der Waals surface area contributed by atoms with Crippen molar-refractivity contribution < 1.29 is 0 Å². The Labute approximate surface area is 130 Å². The van der Waals surface area contributed by atoms with E-state index in [1.165, 1.54) is 11.3 Å². The van der Waals surface area contributed by atoms with E-state index in [0.717, 1.165) is 10.7 Å². The molecule has 3 nitrogen and oxygen atoms in total. The summed E-state index contributed by atoms with van der Waals surface area (Å²) in [5.74, 6) is 1.75. The van der Waals surface area contributed by atoms with E-state index < -0.39 is 0 Å². The lowest BCUT2D eigenvalue weighted by Crippen LogP contribution is -1.97. The number of anilines is 1. The molecule has 1 aliphatic carbocycles. The molecular formula is C17H22ClN3. The number of rotatable bonds is 3. The number of nitrogen functional groups attached to an aromatic ring is 1. The lowest BCUT2D eigenvalue weighted by molar-refractivity contribution is 0.595. The van der Waals surface area contributed by atoms with Gasteiger partial charge in [-0.05, 0) is 34.9 Å². The van der Waals surface area contributed by atoms with Gasteiger partial charge in [-0.1, -0.05) is 51.4 Å². The maximum absolute atomic E-state index is 6.15. The third-order valence-corrected chi connectivity index (χ3v) is 4.91.